The summed E-state index contributed by atoms with van der Waals surface area (Å²) in [4.78, 5) is 0. The van der Waals surface area contributed by atoms with Crippen molar-refractivity contribution in [2.75, 3.05) is 0 Å². The maximum absolute atomic E-state index is 4.81. The Morgan fingerprint density at radius 2 is 0.778 bits per heavy atom. The highest BCUT2D eigenvalue weighted by atomic mass is 35.6. The third-order valence-electron chi connectivity index (χ3n) is 0. The smallest absolute Gasteiger partial charge is 0.147 e. The van der Waals surface area contributed by atoms with Gasteiger partial charge in [-0.05, 0) is 0 Å². The zero-order valence-electron chi connectivity index (χ0n) is 4.35. The minimum absolute atomic E-state index is 0. The molecule has 6 heteroatoms. The fraction of sp³-hybridized carbons (Fsp3) is 0.333. The second-order valence-corrected chi connectivity index (χ2v) is 2.23. The number of hydrogen-bond acceptors (Lipinski definition) is 0. The van der Waals surface area contributed by atoms with Crippen LogP contribution in [0.4, 0.5) is 0 Å². The van der Waals surface area contributed by atoms with Crippen molar-refractivity contribution in [2.45, 2.75) is 4.30 Å². The van der Waals surface area contributed by atoms with Crippen LogP contribution in [0, 0.1) is 0 Å². The summed E-state index contributed by atoms with van der Waals surface area (Å²) in [6.45, 7) is 6.00. The van der Waals surface area contributed by atoms with E-state index in [-0.39, 0.29) is 37.2 Å². The van der Waals surface area contributed by atoms with Gasteiger partial charge < -0.3 is 0 Å². The van der Waals surface area contributed by atoms with Crippen LogP contribution in [0.1, 0.15) is 0 Å². The number of rotatable bonds is 0. The molecule has 0 bridgehead atoms. The van der Waals surface area contributed by atoms with Crippen LogP contribution in [0.15, 0.2) is 13.2 Å². The van der Waals surface area contributed by atoms with E-state index in [1.165, 1.54) is 0 Å². The predicted octanol–water partition coefficient (Wildman–Crippen LogP) is 4.05. The summed E-state index contributed by atoms with van der Waals surface area (Å²) < 4.78 is -0.750. The summed E-state index contributed by atoms with van der Waals surface area (Å²) in [6, 6.07) is 0. The van der Waals surface area contributed by atoms with Crippen molar-refractivity contribution in [1.29, 1.82) is 0 Å². The Hall–Kier alpha value is 1.48. The molecule has 0 unspecified atom stereocenters. The monoisotopic (exact) mass is 254 g/mol. The van der Waals surface area contributed by atoms with Gasteiger partial charge in [0, 0.05) is 0 Å². The highest BCUT2D eigenvalue weighted by Crippen LogP contribution is 2.03. The molecule has 9 heavy (non-hydrogen) atoms. The Balaban J connectivity index is -0.00000000990. The Labute approximate surface area is 89.2 Å². The standard InChI is InChI=1S/C2H4.CHCl3.3ClH/c1-2;2-1(3)4;;;/h1-2H2;1H;3*1H. The molecule has 62 valence electrons. The van der Waals surface area contributed by atoms with Gasteiger partial charge in [-0.2, -0.15) is 0 Å². The van der Waals surface area contributed by atoms with Crippen molar-refractivity contribution < 1.29 is 0 Å². The summed E-state index contributed by atoms with van der Waals surface area (Å²) >= 11 is 14.4. The summed E-state index contributed by atoms with van der Waals surface area (Å²) in [5, 5.41) is 0. The molecule has 0 saturated heterocycles. The fourth-order valence-electron chi connectivity index (χ4n) is 0. The lowest BCUT2D eigenvalue weighted by atomic mass is 11.3. The minimum Gasteiger partial charge on any atom is -0.147 e. The molecule has 0 heterocycles. The molecule has 0 aliphatic carbocycles. The first-order valence-corrected chi connectivity index (χ1v) is 2.46. The molecule has 0 fully saturated rings. The molecular weight excluding hydrogens is 249 g/mol. The number of hydrogen-bond donors (Lipinski definition) is 0. The SMILES string of the molecule is C=C.Cl.Cl.Cl.ClC(Cl)Cl. The van der Waals surface area contributed by atoms with E-state index in [1.54, 1.807) is 0 Å². The second-order valence-electron chi connectivity index (χ2n) is 0.247. The molecule has 0 N–H and O–H groups in total. The van der Waals surface area contributed by atoms with Gasteiger partial charge in [0.25, 0.3) is 0 Å². The average molecular weight is 257 g/mol. The van der Waals surface area contributed by atoms with Gasteiger partial charge in [-0.25, -0.2) is 0 Å². The molecule has 0 spiro atoms. The first-order chi connectivity index (χ1) is 2.73. The van der Waals surface area contributed by atoms with Crippen LogP contribution in [0.5, 0.6) is 0 Å². The average Bonchev–Trinajstić information content (AvgIpc) is 1.41. The van der Waals surface area contributed by atoms with Gasteiger partial charge in [-0.15, -0.1) is 50.4 Å². The highest BCUT2D eigenvalue weighted by molar-refractivity contribution is 6.63. The van der Waals surface area contributed by atoms with Crippen LogP contribution < -0.4 is 0 Å². The van der Waals surface area contributed by atoms with E-state index in [4.69, 9.17) is 34.8 Å². The Morgan fingerprint density at radius 1 is 0.778 bits per heavy atom. The largest absolute Gasteiger partial charge is 0.180 e. The van der Waals surface area contributed by atoms with Crippen LogP contribution in [-0.4, -0.2) is 4.30 Å². The fourth-order valence-corrected chi connectivity index (χ4v) is 0. The molecule has 0 saturated carbocycles. The second kappa shape index (κ2) is 34.0. The van der Waals surface area contributed by atoms with Crippen molar-refractivity contribution >= 4 is 72.0 Å². The quantitative estimate of drug-likeness (QED) is 0.453. The predicted molar refractivity (Wildman–Crippen MR) is 54.3 cm³/mol. The molecule has 0 aromatic carbocycles. The Morgan fingerprint density at radius 3 is 0.778 bits per heavy atom. The first-order valence-electron chi connectivity index (χ1n) is 1.15. The zero-order chi connectivity index (χ0) is 5.58. The van der Waals surface area contributed by atoms with Crippen molar-refractivity contribution in [2.24, 2.45) is 0 Å². The maximum Gasteiger partial charge on any atom is 0.180 e. The summed E-state index contributed by atoms with van der Waals surface area (Å²) in [5.41, 5.74) is 0. The molecule has 0 aliphatic heterocycles. The van der Waals surface area contributed by atoms with Gasteiger partial charge in [-0.3, -0.25) is 0 Å². The normalized spacial score (nSPS) is 4.44. The topological polar surface area (TPSA) is 0 Å². The van der Waals surface area contributed by atoms with E-state index >= 15 is 0 Å². The van der Waals surface area contributed by atoms with E-state index < -0.39 is 4.30 Å². The molecule has 0 atom stereocenters. The van der Waals surface area contributed by atoms with Gasteiger partial charge >= 0.3 is 0 Å². The minimum atomic E-state index is -0.750. The third-order valence-corrected chi connectivity index (χ3v) is 0. The van der Waals surface area contributed by atoms with Gasteiger partial charge in [0.05, 0.1) is 0 Å². The van der Waals surface area contributed by atoms with Crippen LogP contribution in [0.2, 0.25) is 0 Å². The van der Waals surface area contributed by atoms with Crippen molar-refractivity contribution in [3.8, 4) is 0 Å². The molecule has 0 aromatic heterocycles. The number of halogens is 6. The van der Waals surface area contributed by atoms with Crippen molar-refractivity contribution in [3.63, 3.8) is 0 Å². The lowest BCUT2D eigenvalue weighted by molar-refractivity contribution is 1.96. The highest BCUT2D eigenvalue weighted by Gasteiger charge is 1.78. The molecule has 0 radical (unpaired) electrons. The van der Waals surface area contributed by atoms with Gasteiger partial charge in [0.1, 0.15) is 0 Å². The van der Waals surface area contributed by atoms with E-state index in [0.717, 1.165) is 0 Å². The van der Waals surface area contributed by atoms with Crippen molar-refractivity contribution in [3.05, 3.63) is 13.2 Å². The molecule has 0 amide bonds. The summed E-state index contributed by atoms with van der Waals surface area (Å²) in [7, 11) is 0. The van der Waals surface area contributed by atoms with Crippen LogP contribution in [0.3, 0.4) is 0 Å². The molecule has 0 rings (SSSR count). The molecule has 0 aliphatic rings. The van der Waals surface area contributed by atoms with Crippen LogP contribution in [-0.2, 0) is 0 Å². The van der Waals surface area contributed by atoms with Gasteiger partial charge in [0.2, 0.25) is 0 Å². The van der Waals surface area contributed by atoms with E-state index in [0.29, 0.717) is 0 Å². The Bertz CT molecular complexity index is 19.5. The molecule has 0 aromatic rings. The lowest BCUT2D eigenvalue weighted by Gasteiger charge is -1.69. The third kappa shape index (κ3) is 242. The van der Waals surface area contributed by atoms with Gasteiger partial charge in [-0.1, -0.05) is 34.8 Å². The van der Waals surface area contributed by atoms with E-state index in [2.05, 4.69) is 13.2 Å². The van der Waals surface area contributed by atoms with Gasteiger partial charge in [0.15, 0.2) is 4.30 Å². The summed E-state index contributed by atoms with van der Waals surface area (Å²) in [5.74, 6) is 0. The zero-order valence-corrected chi connectivity index (χ0v) is 9.07. The number of alkyl halides is 3. The van der Waals surface area contributed by atoms with Crippen LogP contribution >= 0.6 is 72.0 Å². The summed E-state index contributed by atoms with van der Waals surface area (Å²) in [6.07, 6.45) is 0. The molecule has 0 nitrogen and oxygen atoms in total. The molecular formula is C3H8Cl6. The maximum atomic E-state index is 4.81. The van der Waals surface area contributed by atoms with E-state index in [1.807, 2.05) is 0 Å². The lowest BCUT2D eigenvalue weighted by Crippen LogP contribution is -1.55. The first kappa shape index (κ1) is 31.4. The van der Waals surface area contributed by atoms with Crippen LogP contribution in [0.25, 0.3) is 0 Å². The van der Waals surface area contributed by atoms with Crippen molar-refractivity contribution in [1.82, 2.24) is 0 Å². The Kier molecular flexibility index (Phi) is 118. The van der Waals surface area contributed by atoms with E-state index in [9.17, 15) is 0 Å².